The number of fused-ring (bicyclic) bond motifs is 1. The lowest BCUT2D eigenvalue weighted by molar-refractivity contribution is -0.145. The number of likely N-dealkylation sites (N-methyl/N-ethyl adjacent to an activating group) is 1. The molecular formula is C15H18N2O3. The summed E-state index contributed by atoms with van der Waals surface area (Å²) in [6.45, 7) is 4.08. The third-order valence-corrected chi connectivity index (χ3v) is 3.16. The number of aliphatic carboxylic acids is 1. The summed E-state index contributed by atoms with van der Waals surface area (Å²) in [5, 5.41) is 13.1. The van der Waals surface area contributed by atoms with Crippen molar-refractivity contribution in [2.24, 2.45) is 0 Å². The fraction of sp³-hybridized carbons (Fsp3) is 0.333. The van der Waals surface area contributed by atoms with E-state index in [-0.39, 0.29) is 6.61 Å². The van der Waals surface area contributed by atoms with E-state index in [1.54, 1.807) is 13.1 Å². The van der Waals surface area contributed by atoms with Gasteiger partial charge in [0.25, 0.3) is 0 Å². The number of ether oxygens (including phenoxy) is 1. The van der Waals surface area contributed by atoms with Gasteiger partial charge < -0.3 is 9.84 Å². The topological polar surface area (TPSA) is 71.5 Å². The zero-order chi connectivity index (χ0) is 14.6. The molecule has 0 aliphatic carbocycles. The van der Waals surface area contributed by atoms with Crippen LogP contribution in [0.5, 0.6) is 5.75 Å². The van der Waals surface area contributed by atoms with E-state index in [1.165, 1.54) is 0 Å². The number of carboxylic acid groups (broad SMARTS) is 1. The van der Waals surface area contributed by atoms with Crippen LogP contribution in [-0.4, -0.2) is 34.8 Å². The molecule has 1 unspecified atom stereocenters. The molecule has 0 aliphatic heterocycles. The smallest absolute Gasteiger partial charge is 0.327 e. The molecule has 20 heavy (non-hydrogen) atoms. The molecule has 106 valence electrons. The molecule has 0 aliphatic rings. The van der Waals surface area contributed by atoms with E-state index in [0.717, 1.165) is 10.9 Å². The highest BCUT2D eigenvalue weighted by molar-refractivity contribution is 5.85. The van der Waals surface area contributed by atoms with Crippen LogP contribution in [0.2, 0.25) is 0 Å². The standard InChI is InChI=1S/C15H18N2O3/c1-3-17-15(2,14(18)19)10-20-13-8-4-7-12-11(13)6-5-9-16-12/h4-9,17H,3,10H2,1-2H3,(H,18,19). The summed E-state index contributed by atoms with van der Waals surface area (Å²) in [5.41, 5.74) is -0.287. The molecule has 2 aromatic rings. The first kappa shape index (κ1) is 14.3. The minimum absolute atomic E-state index is 0.0458. The molecule has 1 aromatic carbocycles. The van der Waals surface area contributed by atoms with Crippen molar-refractivity contribution in [2.75, 3.05) is 13.2 Å². The average Bonchev–Trinajstić information content (AvgIpc) is 2.45. The molecular weight excluding hydrogens is 256 g/mol. The second kappa shape index (κ2) is 5.88. The van der Waals surface area contributed by atoms with Crippen LogP contribution in [-0.2, 0) is 4.79 Å². The Hall–Kier alpha value is -2.14. The first-order chi connectivity index (χ1) is 9.57. The van der Waals surface area contributed by atoms with E-state index in [9.17, 15) is 9.90 Å². The van der Waals surface area contributed by atoms with Gasteiger partial charge >= 0.3 is 5.97 Å². The Labute approximate surface area is 117 Å². The summed E-state index contributed by atoms with van der Waals surface area (Å²) >= 11 is 0. The van der Waals surface area contributed by atoms with Crippen LogP contribution >= 0.6 is 0 Å². The van der Waals surface area contributed by atoms with Gasteiger partial charge in [0.15, 0.2) is 0 Å². The average molecular weight is 274 g/mol. The number of nitrogens with one attached hydrogen (secondary N) is 1. The number of nitrogens with zero attached hydrogens (tertiary/aromatic N) is 1. The normalized spacial score (nSPS) is 13.9. The number of rotatable bonds is 6. The first-order valence-corrected chi connectivity index (χ1v) is 6.52. The lowest BCUT2D eigenvalue weighted by Crippen LogP contribution is -2.53. The molecule has 0 saturated heterocycles. The van der Waals surface area contributed by atoms with Gasteiger partial charge in [-0.1, -0.05) is 13.0 Å². The minimum atomic E-state index is -1.11. The molecule has 0 amide bonds. The van der Waals surface area contributed by atoms with Crippen LogP contribution in [0.25, 0.3) is 10.9 Å². The van der Waals surface area contributed by atoms with Crippen molar-refractivity contribution in [1.29, 1.82) is 0 Å². The third-order valence-electron chi connectivity index (χ3n) is 3.16. The maximum absolute atomic E-state index is 11.3. The second-order valence-corrected chi connectivity index (χ2v) is 4.78. The van der Waals surface area contributed by atoms with E-state index in [2.05, 4.69) is 10.3 Å². The Morgan fingerprint density at radius 3 is 2.90 bits per heavy atom. The SMILES string of the molecule is CCNC(C)(COc1cccc2ncccc12)C(=O)O. The molecule has 1 heterocycles. The third kappa shape index (κ3) is 2.88. The maximum atomic E-state index is 11.3. The molecule has 5 heteroatoms. The molecule has 1 atom stereocenters. The maximum Gasteiger partial charge on any atom is 0.327 e. The van der Waals surface area contributed by atoms with E-state index >= 15 is 0 Å². The van der Waals surface area contributed by atoms with Crippen LogP contribution in [0.3, 0.4) is 0 Å². The van der Waals surface area contributed by atoms with Crippen molar-refractivity contribution in [3.05, 3.63) is 36.5 Å². The Morgan fingerprint density at radius 1 is 1.40 bits per heavy atom. The largest absolute Gasteiger partial charge is 0.490 e. The summed E-state index contributed by atoms with van der Waals surface area (Å²) in [7, 11) is 0. The minimum Gasteiger partial charge on any atom is -0.490 e. The van der Waals surface area contributed by atoms with E-state index < -0.39 is 11.5 Å². The highest BCUT2D eigenvalue weighted by atomic mass is 16.5. The van der Waals surface area contributed by atoms with Gasteiger partial charge in [0.1, 0.15) is 17.9 Å². The molecule has 2 N–H and O–H groups in total. The number of pyridine rings is 1. The summed E-state index contributed by atoms with van der Waals surface area (Å²) in [6, 6.07) is 9.29. The molecule has 1 aromatic heterocycles. The quantitative estimate of drug-likeness (QED) is 0.843. The van der Waals surface area contributed by atoms with Crippen molar-refractivity contribution < 1.29 is 14.6 Å². The summed E-state index contributed by atoms with van der Waals surface area (Å²) in [5.74, 6) is -0.293. The summed E-state index contributed by atoms with van der Waals surface area (Å²) in [4.78, 5) is 15.6. The Morgan fingerprint density at radius 2 is 2.20 bits per heavy atom. The Bertz CT molecular complexity index is 610. The molecule has 0 fully saturated rings. The van der Waals surface area contributed by atoms with E-state index in [1.807, 2.05) is 37.3 Å². The lowest BCUT2D eigenvalue weighted by atomic mass is 10.0. The Kier molecular flexibility index (Phi) is 4.20. The van der Waals surface area contributed by atoms with Crippen LogP contribution in [0, 0.1) is 0 Å². The zero-order valence-electron chi connectivity index (χ0n) is 11.6. The fourth-order valence-corrected chi connectivity index (χ4v) is 2.00. The number of carbonyl (C=O) groups is 1. The fourth-order valence-electron chi connectivity index (χ4n) is 2.00. The second-order valence-electron chi connectivity index (χ2n) is 4.78. The highest BCUT2D eigenvalue weighted by Gasteiger charge is 2.33. The van der Waals surface area contributed by atoms with Gasteiger partial charge in [-0.15, -0.1) is 0 Å². The molecule has 0 spiro atoms. The van der Waals surface area contributed by atoms with Gasteiger partial charge in [-0.2, -0.15) is 0 Å². The van der Waals surface area contributed by atoms with Gasteiger partial charge in [0.05, 0.1) is 5.52 Å². The van der Waals surface area contributed by atoms with Gasteiger partial charge in [0.2, 0.25) is 0 Å². The zero-order valence-corrected chi connectivity index (χ0v) is 11.6. The first-order valence-electron chi connectivity index (χ1n) is 6.52. The van der Waals surface area contributed by atoms with Gasteiger partial charge in [-0.05, 0) is 37.7 Å². The van der Waals surface area contributed by atoms with Crippen LogP contribution in [0.1, 0.15) is 13.8 Å². The molecule has 2 rings (SSSR count). The number of aromatic nitrogens is 1. The number of hydrogen-bond acceptors (Lipinski definition) is 4. The van der Waals surface area contributed by atoms with Crippen molar-refractivity contribution in [3.8, 4) is 5.75 Å². The van der Waals surface area contributed by atoms with Crippen LogP contribution in [0.4, 0.5) is 0 Å². The number of carboxylic acids is 1. The molecule has 0 bridgehead atoms. The van der Waals surface area contributed by atoms with Gasteiger partial charge in [-0.25, -0.2) is 0 Å². The van der Waals surface area contributed by atoms with Crippen molar-refractivity contribution in [2.45, 2.75) is 19.4 Å². The predicted molar refractivity (Wildman–Crippen MR) is 77.0 cm³/mol. The van der Waals surface area contributed by atoms with E-state index in [4.69, 9.17) is 4.74 Å². The summed E-state index contributed by atoms with van der Waals surface area (Å²) < 4.78 is 5.71. The van der Waals surface area contributed by atoms with Crippen molar-refractivity contribution >= 4 is 16.9 Å². The van der Waals surface area contributed by atoms with Crippen molar-refractivity contribution in [1.82, 2.24) is 10.3 Å². The highest BCUT2D eigenvalue weighted by Crippen LogP contribution is 2.24. The van der Waals surface area contributed by atoms with Crippen LogP contribution in [0.15, 0.2) is 36.5 Å². The van der Waals surface area contributed by atoms with Crippen LogP contribution < -0.4 is 10.1 Å². The monoisotopic (exact) mass is 274 g/mol. The Balaban J connectivity index is 2.22. The van der Waals surface area contributed by atoms with Gasteiger partial charge in [0, 0.05) is 11.6 Å². The van der Waals surface area contributed by atoms with Crippen molar-refractivity contribution in [3.63, 3.8) is 0 Å². The number of benzene rings is 1. The predicted octanol–water partition coefficient (Wildman–Crippen LogP) is 2.07. The van der Waals surface area contributed by atoms with E-state index in [0.29, 0.717) is 12.3 Å². The summed E-state index contributed by atoms with van der Waals surface area (Å²) in [6.07, 6.45) is 1.71. The van der Waals surface area contributed by atoms with Gasteiger partial charge in [-0.3, -0.25) is 15.1 Å². The number of hydrogen-bond donors (Lipinski definition) is 2. The molecule has 0 radical (unpaired) electrons. The molecule has 0 saturated carbocycles. The molecule has 5 nitrogen and oxygen atoms in total. The lowest BCUT2D eigenvalue weighted by Gasteiger charge is -2.25.